The highest BCUT2D eigenvalue weighted by Crippen LogP contribution is 2.35. The van der Waals surface area contributed by atoms with Gasteiger partial charge in [0.1, 0.15) is 0 Å². The van der Waals surface area contributed by atoms with Crippen LogP contribution in [0.3, 0.4) is 0 Å². The number of benzene rings is 1. The number of carbonyl (C=O) groups is 1. The zero-order valence-electron chi connectivity index (χ0n) is 12.5. The fraction of sp³-hybridized carbons (Fsp3) is 0.562. The Morgan fingerprint density at radius 2 is 1.95 bits per heavy atom. The lowest BCUT2D eigenvalue weighted by Crippen LogP contribution is -2.32. The van der Waals surface area contributed by atoms with Gasteiger partial charge in [0.05, 0.1) is 15.7 Å². The van der Waals surface area contributed by atoms with Gasteiger partial charge in [-0.05, 0) is 43.4 Å². The molecule has 1 aliphatic carbocycles. The lowest BCUT2D eigenvalue weighted by Gasteiger charge is -2.30. The summed E-state index contributed by atoms with van der Waals surface area (Å²) in [6.45, 7) is 3.70. The zero-order valence-corrected chi connectivity index (χ0v) is 13.3. The zero-order chi connectivity index (χ0) is 15.6. The highest BCUT2D eigenvalue weighted by molar-refractivity contribution is 7.92. The van der Waals surface area contributed by atoms with Crippen LogP contribution in [0.25, 0.3) is 0 Å². The Hall–Kier alpha value is -1.36. The Morgan fingerprint density at radius 1 is 1.29 bits per heavy atom. The van der Waals surface area contributed by atoms with Crippen LogP contribution in [0.1, 0.15) is 54.9 Å². The summed E-state index contributed by atoms with van der Waals surface area (Å²) in [7, 11) is -3.46. The lowest BCUT2D eigenvalue weighted by molar-refractivity contribution is 0.0696. The monoisotopic (exact) mass is 310 g/mol. The third kappa shape index (κ3) is 3.12. The molecule has 1 N–H and O–H groups in total. The fourth-order valence-electron chi connectivity index (χ4n) is 3.23. The third-order valence-corrected chi connectivity index (χ3v) is 6.86. The molecule has 0 spiro atoms. The van der Waals surface area contributed by atoms with Gasteiger partial charge in [0.2, 0.25) is 0 Å². The highest BCUT2D eigenvalue weighted by Gasteiger charge is 2.35. The van der Waals surface area contributed by atoms with Crippen molar-refractivity contribution in [2.45, 2.75) is 56.1 Å². The van der Waals surface area contributed by atoms with Crippen molar-refractivity contribution in [2.24, 2.45) is 5.92 Å². The highest BCUT2D eigenvalue weighted by atomic mass is 32.2. The van der Waals surface area contributed by atoms with Crippen LogP contribution in [-0.4, -0.2) is 24.7 Å². The van der Waals surface area contributed by atoms with Gasteiger partial charge in [0, 0.05) is 0 Å². The van der Waals surface area contributed by atoms with Gasteiger partial charge in [0.15, 0.2) is 9.84 Å². The van der Waals surface area contributed by atoms with Crippen molar-refractivity contribution in [2.75, 3.05) is 0 Å². The number of carboxylic acids is 1. The van der Waals surface area contributed by atoms with E-state index in [-0.39, 0.29) is 21.6 Å². The number of rotatable bonds is 4. The Labute approximate surface area is 126 Å². The molecular formula is C16H22O4S. The molecule has 2 unspecified atom stereocenters. The predicted octanol–water partition coefficient (Wildman–Crippen LogP) is 3.44. The maximum absolute atomic E-state index is 12.8. The van der Waals surface area contributed by atoms with E-state index in [2.05, 4.69) is 0 Å². The summed E-state index contributed by atoms with van der Waals surface area (Å²) in [5, 5.41) is 8.80. The fourth-order valence-corrected chi connectivity index (χ4v) is 5.43. The van der Waals surface area contributed by atoms with Gasteiger partial charge in [-0.1, -0.05) is 32.3 Å². The van der Waals surface area contributed by atoms with Crippen LogP contribution in [0.15, 0.2) is 23.1 Å². The van der Waals surface area contributed by atoms with Crippen LogP contribution in [-0.2, 0) is 9.84 Å². The SMILES string of the molecule is CCC1CCCCC1S(=O)(=O)c1ccc(C)c(C(=O)O)c1. The molecule has 0 aromatic heterocycles. The number of carboxylic acid groups (broad SMARTS) is 1. The van der Waals surface area contributed by atoms with Crippen molar-refractivity contribution in [3.05, 3.63) is 29.3 Å². The summed E-state index contributed by atoms with van der Waals surface area (Å²) in [4.78, 5) is 11.4. The molecule has 2 atom stereocenters. The van der Waals surface area contributed by atoms with Crippen LogP contribution in [0.2, 0.25) is 0 Å². The smallest absolute Gasteiger partial charge is 0.335 e. The van der Waals surface area contributed by atoms with Crippen LogP contribution in [0.5, 0.6) is 0 Å². The standard InChI is InChI=1S/C16H22O4S/c1-3-12-6-4-5-7-15(12)21(19,20)13-9-8-11(2)14(10-13)16(17)18/h8-10,12,15H,3-7H2,1-2H3,(H,17,18). The Bertz CT molecular complexity index is 634. The van der Waals surface area contributed by atoms with Crippen molar-refractivity contribution in [3.63, 3.8) is 0 Å². The van der Waals surface area contributed by atoms with Crippen molar-refractivity contribution >= 4 is 15.8 Å². The minimum Gasteiger partial charge on any atom is -0.478 e. The predicted molar refractivity (Wildman–Crippen MR) is 81.4 cm³/mol. The second-order valence-corrected chi connectivity index (χ2v) is 7.99. The van der Waals surface area contributed by atoms with Crippen LogP contribution >= 0.6 is 0 Å². The number of aromatic carboxylic acids is 1. The summed E-state index contributed by atoms with van der Waals surface area (Å²) in [5.74, 6) is -0.904. The molecule has 116 valence electrons. The lowest BCUT2D eigenvalue weighted by atomic mass is 9.87. The maximum atomic E-state index is 12.8. The average molecular weight is 310 g/mol. The van der Waals surface area contributed by atoms with Crippen LogP contribution < -0.4 is 0 Å². The first kappa shape index (κ1) is 16.0. The molecule has 5 heteroatoms. The quantitative estimate of drug-likeness (QED) is 0.924. The van der Waals surface area contributed by atoms with Gasteiger partial charge in [-0.15, -0.1) is 0 Å². The van der Waals surface area contributed by atoms with Crippen molar-refractivity contribution < 1.29 is 18.3 Å². The number of hydrogen-bond donors (Lipinski definition) is 1. The molecule has 0 heterocycles. The van der Waals surface area contributed by atoms with Gasteiger partial charge in [0.25, 0.3) is 0 Å². The summed E-state index contributed by atoms with van der Waals surface area (Å²) in [5.41, 5.74) is 0.650. The molecule has 0 radical (unpaired) electrons. The molecule has 0 bridgehead atoms. The van der Waals surface area contributed by atoms with E-state index in [9.17, 15) is 13.2 Å². The second kappa shape index (κ2) is 6.18. The molecule has 0 amide bonds. The van der Waals surface area contributed by atoms with E-state index < -0.39 is 15.8 Å². The van der Waals surface area contributed by atoms with Crippen molar-refractivity contribution in [3.8, 4) is 0 Å². The van der Waals surface area contributed by atoms with E-state index in [1.807, 2.05) is 6.92 Å². The second-order valence-electron chi connectivity index (χ2n) is 5.82. The molecule has 1 fully saturated rings. The molecule has 0 saturated heterocycles. The first-order chi connectivity index (χ1) is 9.87. The molecule has 1 saturated carbocycles. The molecule has 0 aliphatic heterocycles. The third-order valence-electron chi connectivity index (χ3n) is 4.53. The topological polar surface area (TPSA) is 71.4 Å². The van der Waals surface area contributed by atoms with Gasteiger partial charge >= 0.3 is 5.97 Å². The number of sulfone groups is 1. The van der Waals surface area contributed by atoms with Crippen molar-refractivity contribution in [1.29, 1.82) is 0 Å². The van der Waals surface area contributed by atoms with E-state index in [1.165, 1.54) is 6.07 Å². The van der Waals surface area contributed by atoms with E-state index in [1.54, 1.807) is 19.1 Å². The van der Waals surface area contributed by atoms with Gasteiger partial charge in [-0.25, -0.2) is 13.2 Å². The van der Waals surface area contributed by atoms with E-state index in [0.29, 0.717) is 12.0 Å². The van der Waals surface area contributed by atoms with Gasteiger partial charge in [-0.2, -0.15) is 0 Å². The minimum atomic E-state index is -3.46. The molecule has 1 aromatic carbocycles. The minimum absolute atomic E-state index is 0.0694. The Balaban J connectivity index is 2.43. The summed E-state index contributed by atoms with van der Waals surface area (Å²) in [6, 6.07) is 4.44. The first-order valence-electron chi connectivity index (χ1n) is 7.45. The molecule has 1 aromatic rings. The Kier molecular flexibility index (Phi) is 4.71. The van der Waals surface area contributed by atoms with Crippen LogP contribution in [0.4, 0.5) is 0 Å². The number of aryl methyl sites for hydroxylation is 1. The normalized spacial score (nSPS) is 23.0. The summed E-state index contributed by atoms with van der Waals surface area (Å²) < 4.78 is 25.7. The Morgan fingerprint density at radius 3 is 2.57 bits per heavy atom. The summed E-state index contributed by atoms with van der Waals surface area (Å²) >= 11 is 0. The molecule has 1 aliphatic rings. The molecule has 21 heavy (non-hydrogen) atoms. The van der Waals surface area contributed by atoms with Gasteiger partial charge in [-0.3, -0.25) is 0 Å². The van der Waals surface area contributed by atoms with E-state index in [0.717, 1.165) is 25.7 Å². The van der Waals surface area contributed by atoms with Gasteiger partial charge < -0.3 is 5.11 Å². The molecular weight excluding hydrogens is 288 g/mol. The summed E-state index contributed by atoms with van der Waals surface area (Å²) in [6.07, 6.45) is 4.48. The van der Waals surface area contributed by atoms with Crippen molar-refractivity contribution in [1.82, 2.24) is 0 Å². The maximum Gasteiger partial charge on any atom is 0.335 e. The first-order valence-corrected chi connectivity index (χ1v) is 9.00. The average Bonchev–Trinajstić information content (AvgIpc) is 2.47. The van der Waals surface area contributed by atoms with E-state index in [4.69, 9.17) is 5.11 Å². The molecule has 2 rings (SSSR count). The largest absolute Gasteiger partial charge is 0.478 e. The number of hydrogen-bond acceptors (Lipinski definition) is 3. The van der Waals surface area contributed by atoms with Crippen LogP contribution in [0, 0.1) is 12.8 Å². The molecule has 4 nitrogen and oxygen atoms in total. The van der Waals surface area contributed by atoms with E-state index >= 15 is 0 Å².